The molecule has 1 amide bonds. The topological polar surface area (TPSA) is 40.5 Å². The molecule has 3 nitrogen and oxygen atoms in total. The Hall–Kier alpha value is -1.35. The molecular weight excluding hydrogens is 238 g/mol. The molecule has 0 saturated carbocycles. The third kappa shape index (κ3) is 3.16. The maximum Gasteiger partial charge on any atom is 0.230 e. The second-order valence-electron chi connectivity index (χ2n) is 5.24. The summed E-state index contributed by atoms with van der Waals surface area (Å²) in [6.45, 7) is 3.05. The number of rotatable bonds is 6. The Balaban J connectivity index is 2.19. The Morgan fingerprint density at radius 3 is 2.84 bits per heavy atom. The zero-order valence-corrected chi connectivity index (χ0v) is 11.6. The summed E-state index contributed by atoms with van der Waals surface area (Å²) in [4.78, 5) is 14.4. The van der Waals surface area contributed by atoms with Gasteiger partial charge in [-0.15, -0.1) is 0 Å². The number of fused-ring (bicyclic) bond motifs is 1. The predicted molar refractivity (Wildman–Crippen MR) is 77.2 cm³/mol. The predicted octanol–water partition coefficient (Wildman–Crippen LogP) is 2.76. The highest BCUT2D eigenvalue weighted by Crippen LogP contribution is 2.32. The quantitative estimate of drug-likeness (QED) is 0.800. The molecule has 1 aromatic rings. The molecule has 1 N–H and O–H groups in total. The van der Waals surface area contributed by atoms with E-state index >= 15 is 0 Å². The monoisotopic (exact) mass is 261 g/mol. The van der Waals surface area contributed by atoms with Gasteiger partial charge >= 0.3 is 0 Å². The van der Waals surface area contributed by atoms with Crippen LogP contribution in [0.2, 0.25) is 0 Å². The summed E-state index contributed by atoms with van der Waals surface area (Å²) in [5, 5.41) is 9.11. The molecule has 1 aliphatic rings. The fourth-order valence-corrected chi connectivity index (χ4v) is 2.77. The number of aliphatic hydroxyl groups excluding tert-OH is 1. The van der Waals surface area contributed by atoms with E-state index in [0.29, 0.717) is 6.42 Å². The Labute approximate surface area is 115 Å². The van der Waals surface area contributed by atoms with Gasteiger partial charge in [-0.2, -0.15) is 0 Å². The van der Waals surface area contributed by atoms with Gasteiger partial charge in [-0.05, 0) is 30.9 Å². The average Bonchev–Trinajstić information content (AvgIpc) is 2.43. The van der Waals surface area contributed by atoms with E-state index in [-0.39, 0.29) is 18.4 Å². The maximum atomic E-state index is 12.5. The van der Waals surface area contributed by atoms with Crippen LogP contribution in [0.3, 0.4) is 0 Å². The van der Waals surface area contributed by atoms with Crippen molar-refractivity contribution in [1.82, 2.24) is 0 Å². The summed E-state index contributed by atoms with van der Waals surface area (Å²) in [7, 11) is 0. The van der Waals surface area contributed by atoms with E-state index in [1.165, 1.54) is 5.56 Å². The van der Waals surface area contributed by atoms with Gasteiger partial charge in [-0.3, -0.25) is 4.79 Å². The van der Waals surface area contributed by atoms with Crippen molar-refractivity contribution in [2.75, 3.05) is 18.1 Å². The van der Waals surface area contributed by atoms with E-state index < -0.39 is 0 Å². The van der Waals surface area contributed by atoms with Crippen molar-refractivity contribution in [3.8, 4) is 0 Å². The molecule has 1 aromatic carbocycles. The molecule has 0 bridgehead atoms. The lowest BCUT2D eigenvalue weighted by Gasteiger charge is -2.34. The number of carbonyl (C=O) groups is 1. The molecule has 0 aromatic heterocycles. The van der Waals surface area contributed by atoms with Crippen LogP contribution in [-0.4, -0.2) is 24.2 Å². The lowest BCUT2D eigenvalue weighted by molar-refractivity contribution is -0.123. The molecule has 0 radical (unpaired) electrons. The molecule has 0 fully saturated rings. The average molecular weight is 261 g/mol. The summed E-state index contributed by atoms with van der Waals surface area (Å²) in [5.74, 6) is 0.130. The fourth-order valence-electron chi connectivity index (χ4n) is 2.77. The van der Waals surface area contributed by atoms with Gasteiger partial charge in [0.1, 0.15) is 0 Å². The number of benzene rings is 1. The normalized spacial score (nSPS) is 18.5. The van der Waals surface area contributed by atoms with E-state index in [0.717, 1.165) is 37.9 Å². The van der Waals surface area contributed by atoms with Crippen molar-refractivity contribution in [3.63, 3.8) is 0 Å². The van der Waals surface area contributed by atoms with E-state index in [9.17, 15) is 4.79 Å². The van der Waals surface area contributed by atoms with Gasteiger partial charge < -0.3 is 10.0 Å². The minimum atomic E-state index is -0.0541. The van der Waals surface area contributed by atoms with Gasteiger partial charge in [-0.1, -0.05) is 38.0 Å². The molecule has 1 heterocycles. The minimum absolute atomic E-state index is 0.0541. The fraction of sp³-hybridized carbons (Fsp3) is 0.562. The highest BCUT2D eigenvalue weighted by Gasteiger charge is 2.31. The third-order valence-corrected chi connectivity index (χ3v) is 3.83. The van der Waals surface area contributed by atoms with E-state index in [1.807, 2.05) is 23.1 Å². The SMILES string of the molecule is CCCCCN1C(=O)C(CCO)Cc2ccccc21. The molecule has 0 saturated heterocycles. The first kappa shape index (κ1) is 14.1. The van der Waals surface area contributed by atoms with E-state index in [1.54, 1.807) is 0 Å². The number of nitrogens with zero attached hydrogens (tertiary/aromatic N) is 1. The minimum Gasteiger partial charge on any atom is -0.396 e. The van der Waals surface area contributed by atoms with Crippen molar-refractivity contribution >= 4 is 11.6 Å². The molecular formula is C16H23NO2. The lowest BCUT2D eigenvalue weighted by atomic mass is 9.89. The number of amides is 1. The Bertz CT molecular complexity index is 431. The zero-order chi connectivity index (χ0) is 13.7. The first-order valence-electron chi connectivity index (χ1n) is 7.28. The molecule has 1 unspecified atom stereocenters. The van der Waals surface area contributed by atoms with Crippen LogP contribution in [0.5, 0.6) is 0 Å². The molecule has 0 aliphatic carbocycles. The van der Waals surface area contributed by atoms with Gasteiger partial charge in [0.2, 0.25) is 5.91 Å². The summed E-state index contributed by atoms with van der Waals surface area (Å²) in [5.41, 5.74) is 2.30. The number of hydrogen-bond donors (Lipinski definition) is 1. The Kier molecular flexibility index (Phi) is 4.97. The van der Waals surface area contributed by atoms with Crippen LogP contribution in [0.1, 0.15) is 38.2 Å². The highest BCUT2D eigenvalue weighted by molar-refractivity contribution is 5.98. The molecule has 2 rings (SSSR count). The van der Waals surface area contributed by atoms with Gasteiger partial charge in [0.15, 0.2) is 0 Å². The van der Waals surface area contributed by atoms with Crippen molar-refractivity contribution in [3.05, 3.63) is 29.8 Å². The first-order chi connectivity index (χ1) is 9.27. The Morgan fingerprint density at radius 1 is 1.32 bits per heavy atom. The van der Waals surface area contributed by atoms with Crippen LogP contribution in [0, 0.1) is 5.92 Å². The summed E-state index contributed by atoms with van der Waals surface area (Å²) >= 11 is 0. The summed E-state index contributed by atoms with van der Waals surface area (Å²) in [6.07, 6.45) is 4.68. The summed E-state index contributed by atoms with van der Waals surface area (Å²) < 4.78 is 0. The van der Waals surface area contributed by atoms with Crippen molar-refractivity contribution < 1.29 is 9.90 Å². The van der Waals surface area contributed by atoms with Gasteiger partial charge in [0.05, 0.1) is 0 Å². The highest BCUT2D eigenvalue weighted by atomic mass is 16.3. The largest absolute Gasteiger partial charge is 0.396 e. The van der Waals surface area contributed by atoms with Crippen LogP contribution in [0.4, 0.5) is 5.69 Å². The van der Waals surface area contributed by atoms with Crippen molar-refractivity contribution in [1.29, 1.82) is 0 Å². The van der Waals surface area contributed by atoms with Gasteiger partial charge in [0, 0.05) is 24.8 Å². The van der Waals surface area contributed by atoms with Crippen molar-refractivity contribution in [2.45, 2.75) is 39.0 Å². The second kappa shape index (κ2) is 6.71. The van der Waals surface area contributed by atoms with Crippen LogP contribution in [0.15, 0.2) is 24.3 Å². The Morgan fingerprint density at radius 2 is 2.11 bits per heavy atom. The number of anilines is 1. The van der Waals surface area contributed by atoms with E-state index in [2.05, 4.69) is 13.0 Å². The number of para-hydroxylation sites is 1. The molecule has 19 heavy (non-hydrogen) atoms. The lowest BCUT2D eigenvalue weighted by Crippen LogP contribution is -2.42. The zero-order valence-electron chi connectivity index (χ0n) is 11.6. The molecule has 104 valence electrons. The first-order valence-corrected chi connectivity index (χ1v) is 7.28. The van der Waals surface area contributed by atoms with Crippen LogP contribution in [0.25, 0.3) is 0 Å². The second-order valence-corrected chi connectivity index (χ2v) is 5.24. The third-order valence-electron chi connectivity index (χ3n) is 3.83. The molecule has 0 spiro atoms. The summed E-state index contributed by atoms with van der Waals surface area (Å²) in [6, 6.07) is 8.15. The number of hydrogen-bond acceptors (Lipinski definition) is 2. The van der Waals surface area contributed by atoms with Gasteiger partial charge in [-0.25, -0.2) is 0 Å². The standard InChI is InChI=1S/C16H23NO2/c1-2-3-6-10-17-15-8-5-4-7-13(15)12-14(9-11-18)16(17)19/h4-5,7-8,14,18H,2-3,6,9-12H2,1H3. The molecule has 3 heteroatoms. The van der Waals surface area contributed by atoms with E-state index in [4.69, 9.17) is 5.11 Å². The van der Waals surface area contributed by atoms with Gasteiger partial charge in [0.25, 0.3) is 0 Å². The van der Waals surface area contributed by atoms with Crippen molar-refractivity contribution in [2.24, 2.45) is 5.92 Å². The number of aliphatic hydroxyl groups is 1. The number of unbranched alkanes of at least 4 members (excludes halogenated alkanes) is 2. The van der Waals surface area contributed by atoms with Crippen LogP contribution >= 0.6 is 0 Å². The van der Waals surface area contributed by atoms with Crippen LogP contribution in [-0.2, 0) is 11.2 Å². The van der Waals surface area contributed by atoms with Crippen LogP contribution < -0.4 is 4.90 Å². The maximum absolute atomic E-state index is 12.5. The smallest absolute Gasteiger partial charge is 0.230 e. The molecule has 1 atom stereocenters. The molecule has 1 aliphatic heterocycles. The number of carbonyl (C=O) groups excluding carboxylic acids is 1.